The van der Waals surface area contributed by atoms with Crippen molar-refractivity contribution in [1.29, 1.82) is 0 Å². The fourth-order valence-corrected chi connectivity index (χ4v) is 6.18. The summed E-state index contributed by atoms with van der Waals surface area (Å²) in [5.74, 6) is 1.39. The Morgan fingerprint density at radius 3 is 2.82 bits per heavy atom. The molecule has 8 heteroatoms. The van der Waals surface area contributed by atoms with Gasteiger partial charge in [-0.25, -0.2) is 4.98 Å². The summed E-state index contributed by atoms with van der Waals surface area (Å²) in [4.78, 5) is 22.6. The standard InChI is InChI=1S/C30H37N5O3/c1-20-22(6-4-9-28(20)38-17-5-14-34-15-11-21(36)19-34)23-7-3-8-26-24(23)12-16-35(26)30(37)29-32-25-10-13-31-18-27(25)33(29)2/h3-4,6-9,21,31,36H,5,10-19H2,1-2H3. The average Bonchev–Trinajstić information content (AvgIpc) is 3.64. The maximum Gasteiger partial charge on any atom is 0.294 e. The van der Waals surface area contributed by atoms with Crippen LogP contribution in [0.3, 0.4) is 0 Å². The van der Waals surface area contributed by atoms with Gasteiger partial charge in [-0.1, -0.05) is 24.3 Å². The Balaban J connectivity index is 1.20. The van der Waals surface area contributed by atoms with Gasteiger partial charge in [-0.2, -0.15) is 0 Å². The topological polar surface area (TPSA) is 82.9 Å². The molecule has 1 amide bonds. The first-order valence-corrected chi connectivity index (χ1v) is 13.8. The number of ether oxygens (including phenoxy) is 1. The number of aliphatic hydroxyl groups is 1. The monoisotopic (exact) mass is 515 g/mol. The highest BCUT2D eigenvalue weighted by Gasteiger charge is 2.32. The van der Waals surface area contributed by atoms with Crippen molar-refractivity contribution >= 4 is 11.6 Å². The van der Waals surface area contributed by atoms with Crippen molar-refractivity contribution in [3.63, 3.8) is 0 Å². The van der Waals surface area contributed by atoms with Crippen molar-refractivity contribution in [2.24, 2.45) is 7.05 Å². The molecule has 6 rings (SSSR count). The number of aromatic nitrogens is 2. The summed E-state index contributed by atoms with van der Waals surface area (Å²) in [7, 11) is 1.95. The van der Waals surface area contributed by atoms with Crippen molar-refractivity contribution in [1.82, 2.24) is 19.8 Å². The minimum atomic E-state index is -0.181. The Kier molecular flexibility index (Phi) is 6.95. The number of nitrogens with one attached hydrogen (secondary N) is 1. The molecular formula is C30H37N5O3. The van der Waals surface area contributed by atoms with Crippen molar-refractivity contribution in [2.75, 3.05) is 44.2 Å². The van der Waals surface area contributed by atoms with E-state index in [0.717, 1.165) is 97.9 Å². The molecule has 0 aliphatic carbocycles. The van der Waals surface area contributed by atoms with E-state index in [1.54, 1.807) is 0 Å². The van der Waals surface area contributed by atoms with Gasteiger partial charge in [-0.05, 0) is 60.6 Å². The first-order chi connectivity index (χ1) is 18.5. The second kappa shape index (κ2) is 10.5. The highest BCUT2D eigenvalue weighted by molar-refractivity contribution is 6.06. The lowest BCUT2D eigenvalue weighted by Crippen LogP contribution is -2.31. The number of fused-ring (bicyclic) bond motifs is 2. The zero-order valence-corrected chi connectivity index (χ0v) is 22.4. The van der Waals surface area contributed by atoms with Crippen molar-refractivity contribution in [3.8, 4) is 16.9 Å². The largest absolute Gasteiger partial charge is 0.493 e. The Morgan fingerprint density at radius 2 is 2.00 bits per heavy atom. The van der Waals surface area contributed by atoms with E-state index in [1.807, 2.05) is 28.6 Å². The molecule has 38 heavy (non-hydrogen) atoms. The molecule has 2 aromatic carbocycles. The molecule has 8 nitrogen and oxygen atoms in total. The van der Waals surface area contributed by atoms with Crippen LogP contribution in [0.2, 0.25) is 0 Å². The lowest BCUT2D eigenvalue weighted by molar-refractivity contribution is 0.0976. The van der Waals surface area contributed by atoms with Crippen LogP contribution in [0.4, 0.5) is 5.69 Å². The third kappa shape index (κ3) is 4.61. The number of nitrogens with zero attached hydrogens (tertiary/aromatic N) is 4. The predicted octanol–water partition coefficient (Wildman–Crippen LogP) is 3.08. The van der Waals surface area contributed by atoms with Gasteiger partial charge in [-0.15, -0.1) is 0 Å². The summed E-state index contributed by atoms with van der Waals surface area (Å²) < 4.78 is 8.17. The normalized spacial score (nSPS) is 19.0. The second-order valence-electron chi connectivity index (χ2n) is 10.7. The number of β-amino-alcohol motifs (C(OH)–C–C–N with tert-alkyl or cyclic N) is 1. The van der Waals surface area contributed by atoms with Gasteiger partial charge in [0.05, 0.1) is 24.1 Å². The van der Waals surface area contributed by atoms with Crippen LogP contribution in [0.25, 0.3) is 11.1 Å². The number of hydrogen-bond acceptors (Lipinski definition) is 6. The fourth-order valence-electron chi connectivity index (χ4n) is 6.18. The lowest BCUT2D eigenvalue weighted by atomic mass is 9.94. The molecule has 3 aromatic rings. The summed E-state index contributed by atoms with van der Waals surface area (Å²) >= 11 is 0. The third-order valence-corrected chi connectivity index (χ3v) is 8.29. The molecule has 0 spiro atoms. The summed E-state index contributed by atoms with van der Waals surface area (Å²) in [6, 6.07) is 12.5. The average molecular weight is 516 g/mol. The van der Waals surface area contributed by atoms with Crippen molar-refractivity contribution in [2.45, 2.75) is 45.3 Å². The van der Waals surface area contributed by atoms with Crippen LogP contribution in [0.5, 0.6) is 5.75 Å². The van der Waals surface area contributed by atoms with Gasteiger partial charge < -0.3 is 29.5 Å². The van der Waals surface area contributed by atoms with Crippen LogP contribution in [0.1, 0.15) is 46.0 Å². The molecule has 0 bridgehead atoms. The van der Waals surface area contributed by atoms with E-state index in [2.05, 4.69) is 41.4 Å². The maximum atomic E-state index is 13.7. The van der Waals surface area contributed by atoms with Crippen LogP contribution in [-0.4, -0.2) is 70.9 Å². The molecule has 3 aliphatic heterocycles. The van der Waals surface area contributed by atoms with Crippen LogP contribution >= 0.6 is 0 Å². The number of imidazole rings is 1. The Morgan fingerprint density at radius 1 is 1.16 bits per heavy atom. The highest BCUT2D eigenvalue weighted by Crippen LogP contribution is 2.39. The summed E-state index contributed by atoms with van der Waals surface area (Å²) in [5.41, 5.74) is 7.75. The second-order valence-corrected chi connectivity index (χ2v) is 10.7. The molecule has 1 aromatic heterocycles. The van der Waals surface area contributed by atoms with Gasteiger partial charge in [0.15, 0.2) is 5.82 Å². The van der Waals surface area contributed by atoms with Crippen LogP contribution in [-0.2, 0) is 26.4 Å². The zero-order valence-electron chi connectivity index (χ0n) is 22.4. The minimum absolute atomic E-state index is 0.0304. The molecule has 200 valence electrons. The molecule has 4 heterocycles. The smallest absolute Gasteiger partial charge is 0.294 e. The number of benzene rings is 2. The number of likely N-dealkylation sites (tertiary alicyclic amines) is 1. The van der Waals surface area contributed by atoms with Crippen LogP contribution in [0, 0.1) is 6.92 Å². The number of rotatable bonds is 7. The molecule has 2 N–H and O–H groups in total. The summed E-state index contributed by atoms with van der Waals surface area (Å²) in [6.07, 6.45) is 3.29. The van der Waals surface area contributed by atoms with Crippen LogP contribution in [0.15, 0.2) is 36.4 Å². The molecule has 0 saturated carbocycles. The molecule has 1 saturated heterocycles. The number of anilines is 1. The van der Waals surface area contributed by atoms with E-state index in [1.165, 1.54) is 5.56 Å². The van der Waals surface area contributed by atoms with E-state index >= 15 is 0 Å². The summed E-state index contributed by atoms with van der Waals surface area (Å²) in [6.45, 7) is 7.76. The van der Waals surface area contributed by atoms with E-state index in [9.17, 15) is 9.90 Å². The highest BCUT2D eigenvalue weighted by atomic mass is 16.5. The number of amides is 1. The number of carbonyl (C=O) groups excluding carboxylic acids is 1. The van der Waals surface area contributed by atoms with Gasteiger partial charge in [0.25, 0.3) is 5.91 Å². The van der Waals surface area contributed by atoms with E-state index in [0.29, 0.717) is 19.0 Å². The zero-order chi connectivity index (χ0) is 26.2. The maximum absolute atomic E-state index is 13.7. The number of hydrogen-bond donors (Lipinski definition) is 2. The lowest BCUT2D eigenvalue weighted by Gasteiger charge is -2.19. The Hall–Kier alpha value is -3.20. The van der Waals surface area contributed by atoms with E-state index in [4.69, 9.17) is 9.72 Å². The predicted molar refractivity (Wildman–Crippen MR) is 148 cm³/mol. The quantitative estimate of drug-likeness (QED) is 0.471. The van der Waals surface area contributed by atoms with Gasteiger partial charge >= 0.3 is 0 Å². The molecule has 0 radical (unpaired) electrons. The summed E-state index contributed by atoms with van der Waals surface area (Å²) in [5, 5.41) is 13.1. The van der Waals surface area contributed by atoms with Gasteiger partial charge in [0, 0.05) is 58.4 Å². The van der Waals surface area contributed by atoms with Gasteiger partial charge in [0.1, 0.15) is 5.75 Å². The number of aliphatic hydroxyl groups excluding tert-OH is 1. The first-order valence-electron chi connectivity index (χ1n) is 13.8. The Labute approximate surface area is 224 Å². The molecular weight excluding hydrogens is 478 g/mol. The van der Waals surface area contributed by atoms with E-state index in [-0.39, 0.29) is 12.0 Å². The Bertz CT molecular complexity index is 1350. The van der Waals surface area contributed by atoms with Gasteiger partial charge in [0.2, 0.25) is 0 Å². The van der Waals surface area contributed by atoms with E-state index < -0.39 is 0 Å². The molecule has 1 unspecified atom stereocenters. The molecule has 1 fully saturated rings. The molecule has 1 atom stereocenters. The SMILES string of the molecule is Cc1c(OCCCN2CCC(O)C2)cccc1-c1cccc2c1CCN2C(=O)c1nc2c(n1C)CNCC2. The fraction of sp³-hybridized carbons (Fsp3) is 0.467. The van der Waals surface area contributed by atoms with Crippen molar-refractivity contribution in [3.05, 3.63) is 64.7 Å². The van der Waals surface area contributed by atoms with Crippen molar-refractivity contribution < 1.29 is 14.6 Å². The third-order valence-electron chi connectivity index (χ3n) is 8.29. The van der Waals surface area contributed by atoms with Gasteiger partial charge in [-0.3, -0.25) is 4.79 Å². The van der Waals surface area contributed by atoms with Crippen LogP contribution < -0.4 is 15.0 Å². The first kappa shape index (κ1) is 25.1. The molecule has 3 aliphatic rings. The minimum Gasteiger partial charge on any atom is -0.493 e. The number of carbonyl (C=O) groups is 1.